The Labute approximate surface area is 89.8 Å². The summed E-state index contributed by atoms with van der Waals surface area (Å²) in [4.78, 5) is 0. The lowest BCUT2D eigenvalue weighted by molar-refractivity contribution is 0.362. The van der Waals surface area contributed by atoms with Crippen LogP contribution in [0.1, 0.15) is 6.92 Å². The minimum atomic E-state index is -0.245. The lowest BCUT2D eigenvalue weighted by atomic mass is 10.3. The van der Waals surface area contributed by atoms with E-state index < -0.39 is 0 Å². The van der Waals surface area contributed by atoms with Gasteiger partial charge in [-0.3, -0.25) is 0 Å². The lowest BCUT2D eigenvalue weighted by Gasteiger charge is -2.02. The molecular weight excluding hydrogens is 193 g/mol. The van der Waals surface area contributed by atoms with Gasteiger partial charge in [0.25, 0.3) is 0 Å². The van der Waals surface area contributed by atoms with Crippen molar-refractivity contribution < 1.29 is 9.13 Å². The van der Waals surface area contributed by atoms with Crippen LogP contribution in [0.15, 0.2) is 36.4 Å². The van der Waals surface area contributed by atoms with Crippen molar-refractivity contribution in [1.29, 1.82) is 0 Å². The third kappa shape index (κ3) is 5.18. The molecule has 1 rings (SSSR count). The fraction of sp³-hybridized carbons (Fsp3) is 0.333. The molecule has 0 aromatic heterocycles. The number of benzene rings is 1. The van der Waals surface area contributed by atoms with Crippen LogP contribution < -0.4 is 10.1 Å². The third-order valence-electron chi connectivity index (χ3n) is 1.84. The van der Waals surface area contributed by atoms with Crippen molar-refractivity contribution in [1.82, 2.24) is 5.32 Å². The number of hydrogen-bond acceptors (Lipinski definition) is 2. The molecule has 0 aliphatic rings. The molecule has 0 fully saturated rings. The Kier molecular flexibility index (Phi) is 5.48. The van der Waals surface area contributed by atoms with Gasteiger partial charge in [0.05, 0.1) is 0 Å². The van der Waals surface area contributed by atoms with E-state index in [1.165, 1.54) is 12.1 Å². The summed E-state index contributed by atoms with van der Waals surface area (Å²) in [5.74, 6) is 0.439. The monoisotopic (exact) mass is 209 g/mol. The zero-order valence-electron chi connectivity index (χ0n) is 8.87. The van der Waals surface area contributed by atoms with E-state index in [0.717, 1.165) is 13.1 Å². The molecule has 0 spiro atoms. The predicted molar refractivity (Wildman–Crippen MR) is 59.6 cm³/mol. The lowest BCUT2D eigenvalue weighted by Crippen LogP contribution is -2.11. The highest BCUT2D eigenvalue weighted by Gasteiger charge is 1.91. The van der Waals surface area contributed by atoms with Crippen molar-refractivity contribution in [3.05, 3.63) is 42.2 Å². The van der Waals surface area contributed by atoms with Gasteiger partial charge in [0.15, 0.2) is 0 Å². The molecule has 0 unspecified atom stereocenters. The molecule has 0 amide bonds. The molecule has 0 atom stereocenters. The molecule has 2 nitrogen and oxygen atoms in total. The third-order valence-corrected chi connectivity index (χ3v) is 1.84. The van der Waals surface area contributed by atoms with Gasteiger partial charge < -0.3 is 10.1 Å². The van der Waals surface area contributed by atoms with Crippen molar-refractivity contribution in [2.24, 2.45) is 0 Å². The molecule has 1 aromatic rings. The quantitative estimate of drug-likeness (QED) is 0.573. The highest BCUT2D eigenvalue weighted by Crippen LogP contribution is 2.10. The minimum absolute atomic E-state index is 0.245. The topological polar surface area (TPSA) is 21.3 Å². The van der Waals surface area contributed by atoms with Crippen molar-refractivity contribution >= 4 is 0 Å². The molecule has 0 saturated heterocycles. The van der Waals surface area contributed by atoms with E-state index in [2.05, 4.69) is 12.2 Å². The Balaban J connectivity index is 2.20. The molecule has 0 heterocycles. The fourth-order valence-corrected chi connectivity index (χ4v) is 1.05. The Morgan fingerprint density at radius 2 is 2.00 bits per heavy atom. The van der Waals surface area contributed by atoms with Crippen molar-refractivity contribution in [2.45, 2.75) is 6.92 Å². The molecule has 0 bridgehead atoms. The molecule has 1 N–H and O–H groups in total. The second-order valence-corrected chi connectivity index (χ2v) is 3.04. The zero-order chi connectivity index (χ0) is 10.9. The molecule has 82 valence electrons. The average Bonchev–Trinajstić information content (AvgIpc) is 2.26. The number of rotatable bonds is 6. The summed E-state index contributed by atoms with van der Waals surface area (Å²) < 4.78 is 17.9. The Morgan fingerprint density at radius 3 is 2.67 bits per heavy atom. The van der Waals surface area contributed by atoms with Crippen LogP contribution >= 0.6 is 0 Å². The number of hydrogen-bond donors (Lipinski definition) is 1. The van der Waals surface area contributed by atoms with Gasteiger partial charge >= 0.3 is 0 Å². The summed E-state index contributed by atoms with van der Waals surface area (Å²) in [6, 6.07) is 6.01. The van der Waals surface area contributed by atoms with Gasteiger partial charge in [-0.2, -0.15) is 0 Å². The number of halogens is 1. The van der Waals surface area contributed by atoms with Crippen LogP contribution in [0, 0.1) is 5.82 Å². The van der Waals surface area contributed by atoms with Crippen LogP contribution in [0.2, 0.25) is 0 Å². The predicted octanol–water partition coefficient (Wildman–Crippen LogP) is 2.37. The summed E-state index contributed by atoms with van der Waals surface area (Å²) in [5, 5.41) is 3.16. The molecule has 0 saturated carbocycles. The highest BCUT2D eigenvalue weighted by atomic mass is 19.1. The van der Waals surface area contributed by atoms with Crippen LogP contribution in [-0.4, -0.2) is 19.7 Å². The summed E-state index contributed by atoms with van der Waals surface area (Å²) in [6.07, 6.45) is 3.94. The van der Waals surface area contributed by atoms with E-state index in [1.807, 2.05) is 12.2 Å². The Bertz CT molecular complexity index is 295. The SMILES string of the molecule is CCNCC=CCOc1ccc(F)cc1. The Hall–Kier alpha value is -1.35. The summed E-state index contributed by atoms with van der Waals surface area (Å²) in [7, 11) is 0. The second-order valence-electron chi connectivity index (χ2n) is 3.04. The molecule has 1 aromatic carbocycles. The zero-order valence-corrected chi connectivity index (χ0v) is 8.87. The number of likely N-dealkylation sites (N-methyl/N-ethyl adjacent to an activating group) is 1. The number of nitrogens with one attached hydrogen (secondary N) is 1. The van der Waals surface area contributed by atoms with E-state index >= 15 is 0 Å². The van der Waals surface area contributed by atoms with E-state index in [0.29, 0.717) is 12.4 Å². The first kappa shape index (κ1) is 11.7. The highest BCUT2D eigenvalue weighted by molar-refractivity contribution is 5.22. The molecule has 15 heavy (non-hydrogen) atoms. The van der Waals surface area contributed by atoms with Crippen molar-refractivity contribution in [3.63, 3.8) is 0 Å². The Morgan fingerprint density at radius 1 is 1.27 bits per heavy atom. The van der Waals surface area contributed by atoms with Gasteiger partial charge in [-0.05, 0) is 30.8 Å². The maximum Gasteiger partial charge on any atom is 0.123 e. The van der Waals surface area contributed by atoms with E-state index in [4.69, 9.17) is 4.74 Å². The second kappa shape index (κ2) is 7.01. The van der Waals surface area contributed by atoms with Crippen LogP contribution in [-0.2, 0) is 0 Å². The number of ether oxygens (including phenoxy) is 1. The van der Waals surface area contributed by atoms with Gasteiger partial charge in [0.1, 0.15) is 18.2 Å². The molecular formula is C12H16FNO. The van der Waals surface area contributed by atoms with E-state index in [-0.39, 0.29) is 5.82 Å². The van der Waals surface area contributed by atoms with Gasteiger partial charge in [-0.15, -0.1) is 0 Å². The minimum Gasteiger partial charge on any atom is -0.490 e. The first-order valence-electron chi connectivity index (χ1n) is 5.07. The normalized spacial score (nSPS) is 10.8. The van der Waals surface area contributed by atoms with E-state index in [1.54, 1.807) is 12.1 Å². The molecule has 0 radical (unpaired) electrons. The summed E-state index contributed by atoms with van der Waals surface area (Å²) in [5.41, 5.74) is 0. The van der Waals surface area contributed by atoms with Gasteiger partial charge in [0.2, 0.25) is 0 Å². The fourth-order valence-electron chi connectivity index (χ4n) is 1.05. The smallest absolute Gasteiger partial charge is 0.123 e. The van der Waals surface area contributed by atoms with Crippen LogP contribution in [0.4, 0.5) is 4.39 Å². The van der Waals surface area contributed by atoms with Crippen molar-refractivity contribution in [3.8, 4) is 5.75 Å². The first-order chi connectivity index (χ1) is 7.33. The molecule has 0 aliphatic carbocycles. The van der Waals surface area contributed by atoms with Gasteiger partial charge in [-0.1, -0.05) is 19.1 Å². The molecule has 0 aliphatic heterocycles. The average molecular weight is 209 g/mol. The standard InChI is InChI=1S/C12H16FNO/c1-2-14-9-3-4-10-15-12-7-5-11(13)6-8-12/h3-8,14H,2,9-10H2,1H3. The summed E-state index contributed by atoms with van der Waals surface area (Å²) >= 11 is 0. The van der Waals surface area contributed by atoms with Crippen LogP contribution in [0.3, 0.4) is 0 Å². The van der Waals surface area contributed by atoms with Crippen LogP contribution in [0.5, 0.6) is 5.75 Å². The van der Waals surface area contributed by atoms with Gasteiger partial charge in [-0.25, -0.2) is 4.39 Å². The maximum atomic E-state index is 12.5. The van der Waals surface area contributed by atoms with Crippen molar-refractivity contribution in [2.75, 3.05) is 19.7 Å². The molecule has 3 heteroatoms. The largest absolute Gasteiger partial charge is 0.490 e. The maximum absolute atomic E-state index is 12.5. The van der Waals surface area contributed by atoms with Gasteiger partial charge in [0, 0.05) is 6.54 Å². The van der Waals surface area contributed by atoms with Crippen LogP contribution in [0.25, 0.3) is 0 Å². The summed E-state index contributed by atoms with van der Waals surface area (Å²) in [6.45, 7) is 4.38. The van der Waals surface area contributed by atoms with E-state index in [9.17, 15) is 4.39 Å². The first-order valence-corrected chi connectivity index (χ1v) is 5.07.